The van der Waals surface area contributed by atoms with Gasteiger partial charge in [0.25, 0.3) is 0 Å². The molecule has 0 aromatic carbocycles. The molecule has 2 N–H and O–H groups in total. The minimum absolute atomic E-state index is 0.243. The molecule has 0 radical (unpaired) electrons. The van der Waals surface area contributed by atoms with Crippen LogP contribution in [0.3, 0.4) is 0 Å². The molecule has 0 unspecified atom stereocenters. The number of methoxy groups -OCH3 is 1. The number of nitrogens with two attached hydrogens (primary N) is 1. The van der Waals surface area contributed by atoms with Crippen molar-refractivity contribution in [2.75, 3.05) is 12.8 Å². The minimum Gasteiger partial charge on any atom is -0.480 e. The van der Waals surface area contributed by atoms with Crippen molar-refractivity contribution in [3.8, 4) is 5.88 Å². The van der Waals surface area contributed by atoms with E-state index in [9.17, 15) is 0 Å². The summed E-state index contributed by atoms with van der Waals surface area (Å²) in [5.41, 5.74) is 5.18. The number of hydrogen-bond acceptors (Lipinski definition) is 4. The van der Waals surface area contributed by atoms with Crippen LogP contribution in [-0.2, 0) is 0 Å². The Balaban J connectivity index is 3.06. The normalized spacial score (nSPS) is 18.4. The predicted molar refractivity (Wildman–Crippen MR) is 33.0 cm³/mol. The van der Waals surface area contributed by atoms with E-state index in [0.29, 0.717) is 0 Å². The second kappa shape index (κ2) is 2.30. The third-order valence-electron chi connectivity index (χ3n) is 0.643. The predicted octanol–water partition coefficient (Wildman–Crippen LogP) is 0.0674. The van der Waals surface area contributed by atoms with Crippen LogP contribution in [0.5, 0.6) is 5.88 Å². The highest BCUT2D eigenvalue weighted by molar-refractivity contribution is 5.27. The lowest BCUT2D eigenvalue weighted by molar-refractivity contribution is 0.392. The third kappa shape index (κ3) is 1.28. The van der Waals surface area contributed by atoms with Crippen molar-refractivity contribution in [3.63, 3.8) is 0 Å². The molecule has 0 spiro atoms. The number of hydrogen-bond donors (Lipinski definition) is 1. The number of anilines is 1. The lowest BCUT2D eigenvalue weighted by atomic mass is 10.5. The fraction of sp³-hybridized carbons (Fsp3) is 0.200. The van der Waals surface area contributed by atoms with Crippen LogP contribution in [0.1, 0.15) is 6.85 Å². The van der Waals surface area contributed by atoms with Crippen molar-refractivity contribution in [1.82, 2.24) is 10.2 Å². The van der Waals surface area contributed by atoms with Crippen LogP contribution < -0.4 is 10.5 Å². The zero-order valence-corrected chi connectivity index (χ0v) is 4.38. The van der Waals surface area contributed by atoms with Gasteiger partial charge in [-0.3, -0.25) is 0 Å². The van der Waals surface area contributed by atoms with Crippen molar-refractivity contribution in [2.24, 2.45) is 0 Å². The molecule has 0 amide bonds. The fourth-order valence-electron chi connectivity index (χ4n) is 0.313. The molecule has 0 aliphatic heterocycles. The summed E-state index contributed by atoms with van der Waals surface area (Å²) in [7, 11) is -2.72. The minimum atomic E-state index is -2.72. The third-order valence-corrected chi connectivity index (χ3v) is 0.643. The van der Waals surface area contributed by atoms with E-state index in [1.54, 1.807) is 0 Å². The second-order valence-electron chi connectivity index (χ2n) is 1.24. The van der Waals surface area contributed by atoms with E-state index in [0.717, 1.165) is 0 Å². The van der Waals surface area contributed by atoms with Gasteiger partial charge in [-0.25, -0.2) is 0 Å². The molecular formula is C5H7N3O. The maximum Gasteiger partial charge on any atom is 0.233 e. The molecule has 1 aromatic rings. The van der Waals surface area contributed by atoms with Crippen LogP contribution in [0, 0.1) is 0 Å². The number of nitrogens with zero attached hydrogens (tertiary/aromatic N) is 2. The highest BCUT2D eigenvalue weighted by atomic mass is 16.5. The first-order valence-electron chi connectivity index (χ1n) is 4.59. The van der Waals surface area contributed by atoms with Crippen LogP contribution >= 0.6 is 0 Å². The highest BCUT2D eigenvalue weighted by Crippen LogP contribution is 2.02. The summed E-state index contributed by atoms with van der Waals surface area (Å²) in [6, 6.07) is -0.895. The summed E-state index contributed by atoms with van der Waals surface area (Å²) in [6.45, 7) is 0. The summed E-state index contributed by atoms with van der Waals surface area (Å²) in [4.78, 5) is 0. The Hall–Kier alpha value is -1.32. The van der Waals surface area contributed by atoms with Crippen LogP contribution in [0.25, 0.3) is 0 Å². The van der Waals surface area contributed by atoms with E-state index in [1.807, 2.05) is 0 Å². The van der Waals surface area contributed by atoms with Gasteiger partial charge >= 0.3 is 0 Å². The van der Waals surface area contributed by atoms with Gasteiger partial charge in [0.05, 0.1) is 13.9 Å². The molecule has 0 saturated heterocycles. The summed E-state index contributed by atoms with van der Waals surface area (Å²) in [5, 5.41) is 6.53. The van der Waals surface area contributed by atoms with Gasteiger partial charge in [0.2, 0.25) is 5.88 Å². The smallest absolute Gasteiger partial charge is 0.233 e. The Morgan fingerprint density at radius 2 is 2.67 bits per heavy atom. The first kappa shape index (κ1) is 2.13. The Morgan fingerprint density at radius 1 is 1.78 bits per heavy atom. The fourth-order valence-corrected chi connectivity index (χ4v) is 0.313. The quantitative estimate of drug-likeness (QED) is 0.584. The number of ether oxygens (including phenoxy) is 1. The zero-order valence-electron chi connectivity index (χ0n) is 9.38. The Labute approximate surface area is 59.7 Å². The largest absolute Gasteiger partial charge is 0.480 e. The van der Waals surface area contributed by atoms with Crippen molar-refractivity contribution in [3.05, 3.63) is 12.1 Å². The average Bonchev–Trinajstić information content (AvgIpc) is 2.04. The SMILES string of the molecule is [2H]c1c(N)nnc(OC([2H])([2H])[2H])c1[2H]. The van der Waals surface area contributed by atoms with E-state index in [2.05, 4.69) is 14.9 Å². The maximum atomic E-state index is 7.27. The van der Waals surface area contributed by atoms with E-state index in [1.165, 1.54) is 0 Å². The van der Waals surface area contributed by atoms with Gasteiger partial charge in [0.15, 0.2) is 0 Å². The van der Waals surface area contributed by atoms with Crippen LogP contribution in [0.15, 0.2) is 12.1 Å². The summed E-state index contributed by atoms with van der Waals surface area (Å²) in [6.07, 6.45) is 0. The molecule has 4 nitrogen and oxygen atoms in total. The molecule has 9 heavy (non-hydrogen) atoms. The van der Waals surface area contributed by atoms with E-state index < -0.39 is 25.0 Å². The Bertz CT molecular complexity index is 352. The van der Waals surface area contributed by atoms with Gasteiger partial charge in [-0.15, -0.1) is 10.2 Å². The van der Waals surface area contributed by atoms with Crippen molar-refractivity contribution in [1.29, 1.82) is 0 Å². The topological polar surface area (TPSA) is 61.0 Å². The number of aromatic nitrogens is 2. The van der Waals surface area contributed by atoms with Crippen LogP contribution in [-0.4, -0.2) is 17.2 Å². The molecule has 1 rings (SSSR count). The second-order valence-corrected chi connectivity index (χ2v) is 1.24. The molecule has 0 bridgehead atoms. The van der Waals surface area contributed by atoms with Crippen molar-refractivity contribution in [2.45, 2.75) is 0 Å². The average molecular weight is 130 g/mol. The van der Waals surface area contributed by atoms with Gasteiger partial charge in [0.1, 0.15) is 5.82 Å². The number of nitrogen functional groups attached to an aromatic ring is 1. The summed E-state index contributed by atoms with van der Waals surface area (Å²) >= 11 is 0. The molecule has 0 aliphatic carbocycles. The van der Waals surface area contributed by atoms with Gasteiger partial charge in [-0.05, 0) is 6.04 Å². The molecule has 4 heteroatoms. The summed E-state index contributed by atoms with van der Waals surface area (Å²) in [5.74, 6) is -0.767. The van der Waals surface area contributed by atoms with Gasteiger partial charge < -0.3 is 10.5 Å². The molecule has 1 aromatic heterocycles. The lowest BCUT2D eigenvalue weighted by Crippen LogP contribution is -1.94. The maximum absolute atomic E-state index is 7.27. The van der Waals surface area contributed by atoms with Crippen molar-refractivity contribution >= 4 is 5.82 Å². The van der Waals surface area contributed by atoms with Crippen molar-refractivity contribution < 1.29 is 11.6 Å². The van der Waals surface area contributed by atoms with Crippen LogP contribution in [0.2, 0.25) is 0 Å². The molecule has 1 heterocycles. The molecular weight excluding hydrogens is 118 g/mol. The van der Waals surface area contributed by atoms with Gasteiger partial charge in [-0.1, -0.05) is 0 Å². The zero-order chi connectivity index (χ0) is 10.9. The molecule has 0 aliphatic rings. The summed E-state index contributed by atoms with van der Waals surface area (Å²) < 4.78 is 39.1. The standard InChI is InChI=1S/C5H7N3O/c1-9-5-3-2-4(6)7-8-5/h2-3H,1H3,(H2,6,7)/i1D3,2D,3D. The Morgan fingerprint density at radius 3 is 3.44 bits per heavy atom. The monoisotopic (exact) mass is 130 g/mol. The first-order valence-corrected chi connectivity index (χ1v) is 2.09. The highest BCUT2D eigenvalue weighted by Gasteiger charge is 1.89. The number of rotatable bonds is 1. The molecule has 0 fully saturated rings. The molecule has 0 saturated carbocycles. The van der Waals surface area contributed by atoms with E-state index in [4.69, 9.17) is 12.6 Å². The van der Waals surface area contributed by atoms with E-state index in [-0.39, 0.29) is 5.82 Å². The van der Waals surface area contributed by atoms with Gasteiger partial charge in [-0.2, -0.15) is 0 Å². The lowest BCUT2D eigenvalue weighted by Gasteiger charge is -1.94. The van der Waals surface area contributed by atoms with Gasteiger partial charge in [0, 0.05) is 6.04 Å². The van der Waals surface area contributed by atoms with Crippen LogP contribution in [0.4, 0.5) is 5.82 Å². The first-order chi connectivity index (χ1) is 6.31. The molecule has 0 atom stereocenters. The Kier molecular flexibility index (Phi) is 0.545. The van der Waals surface area contributed by atoms with E-state index >= 15 is 0 Å². The molecule has 48 valence electrons.